The van der Waals surface area contributed by atoms with Crippen molar-refractivity contribution in [2.75, 3.05) is 19.7 Å². The normalized spacial score (nSPS) is 10.5. The summed E-state index contributed by atoms with van der Waals surface area (Å²) in [6, 6.07) is 11.8. The second kappa shape index (κ2) is 9.55. The van der Waals surface area contributed by atoms with Gasteiger partial charge in [-0.05, 0) is 41.7 Å². The largest absolute Gasteiger partial charge is 0.492 e. The Kier molecular flexibility index (Phi) is 7.08. The SMILES string of the molecule is CC(C)c1ccc(OCCNC(=O)NCCc2cccnc2)cc1. The Hall–Kier alpha value is -2.56. The van der Waals surface area contributed by atoms with E-state index in [1.165, 1.54) is 5.56 Å². The standard InChI is InChI=1S/C19H25N3O2/c1-15(2)17-5-7-18(8-6-17)24-13-12-22-19(23)21-11-9-16-4-3-10-20-14-16/h3-8,10,14-15H,9,11-13H2,1-2H3,(H2,21,22,23). The van der Waals surface area contributed by atoms with Crippen molar-refractivity contribution in [2.45, 2.75) is 26.2 Å². The van der Waals surface area contributed by atoms with Crippen LogP contribution in [0.5, 0.6) is 5.75 Å². The summed E-state index contributed by atoms with van der Waals surface area (Å²) in [5.41, 5.74) is 2.39. The van der Waals surface area contributed by atoms with E-state index >= 15 is 0 Å². The highest BCUT2D eigenvalue weighted by molar-refractivity contribution is 5.73. The molecule has 0 fully saturated rings. The van der Waals surface area contributed by atoms with Crippen LogP contribution in [-0.2, 0) is 6.42 Å². The Bertz CT molecular complexity index is 612. The van der Waals surface area contributed by atoms with Gasteiger partial charge in [0.15, 0.2) is 0 Å². The first-order chi connectivity index (χ1) is 11.6. The lowest BCUT2D eigenvalue weighted by molar-refractivity contribution is 0.236. The first-order valence-corrected chi connectivity index (χ1v) is 8.28. The number of carbonyl (C=O) groups is 1. The fourth-order valence-electron chi connectivity index (χ4n) is 2.21. The van der Waals surface area contributed by atoms with E-state index in [0.717, 1.165) is 17.7 Å². The maximum absolute atomic E-state index is 11.7. The topological polar surface area (TPSA) is 63.2 Å². The molecule has 5 heteroatoms. The molecule has 0 saturated heterocycles. The predicted octanol–water partition coefficient (Wildman–Crippen LogP) is 3.13. The summed E-state index contributed by atoms with van der Waals surface area (Å²) in [6.07, 6.45) is 4.30. The number of aromatic nitrogens is 1. The predicted molar refractivity (Wildman–Crippen MR) is 95.4 cm³/mol. The molecule has 5 nitrogen and oxygen atoms in total. The molecule has 0 bridgehead atoms. The number of benzene rings is 1. The average Bonchev–Trinajstić information content (AvgIpc) is 2.60. The minimum atomic E-state index is -0.183. The van der Waals surface area contributed by atoms with Gasteiger partial charge in [0, 0.05) is 18.9 Å². The smallest absolute Gasteiger partial charge is 0.314 e. The van der Waals surface area contributed by atoms with Crippen LogP contribution in [0.1, 0.15) is 30.9 Å². The van der Waals surface area contributed by atoms with Gasteiger partial charge in [-0.15, -0.1) is 0 Å². The molecule has 0 aliphatic heterocycles. The molecule has 0 aliphatic carbocycles. The second-order valence-electron chi connectivity index (χ2n) is 5.87. The van der Waals surface area contributed by atoms with E-state index in [4.69, 9.17) is 4.74 Å². The van der Waals surface area contributed by atoms with Crippen LogP contribution >= 0.6 is 0 Å². The van der Waals surface area contributed by atoms with Crippen molar-refractivity contribution in [3.05, 3.63) is 59.9 Å². The Morgan fingerprint density at radius 2 is 1.88 bits per heavy atom. The lowest BCUT2D eigenvalue weighted by Crippen LogP contribution is -2.38. The molecule has 24 heavy (non-hydrogen) atoms. The molecule has 0 unspecified atom stereocenters. The number of rotatable bonds is 8. The van der Waals surface area contributed by atoms with Gasteiger partial charge in [0.05, 0.1) is 6.54 Å². The Labute approximate surface area is 143 Å². The number of ether oxygens (including phenoxy) is 1. The van der Waals surface area contributed by atoms with Gasteiger partial charge in [-0.2, -0.15) is 0 Å². The fraction of sp³-hybridized carbons (Fsp3) is 0.368. The molecule has 0 radical (unpaired) electrons. The van der Waals surface area contributed by atoms with Gasteiger partial charge in [0.25, 0.3) is 0 Å². The second-order valence-corrected chi connectivity index (χ2v) is 5.87. The van der Waals surface area contributed by atoms with Gasteiger partial charge in [0.2, 0.25) is 0 Å². The summed E-state index contributed by atoms with van der Waals surface area (Å²) >= 11 is 0. The molecule has 0 aliphatic rings. The van der Waals surface area contributed by atoms with Crippen molar-refractivity contribution in [3.63, 3.8) is 0 Å². The van der Waals surface area contributed by atoms with Gasteiger partial charge < -0.3 is 15.4 Å². The molecular formula is C19H25N3O2. The van der Waals surface area contributed by atoms with Crippen LogP contribution < -0.4 is 15.4 Å². The zero-order valence-corrected chi connectivity index (χ0v) is 14.3. The summed E-state index contributed by atoms with van der Waals surface area (Å²) in [4.78, 5) is 15.7. The van der Waals surface area contributed by atoms with Crippen LogP contribution in [0.4, 0.5) is 4.79 Å². The highest BCUT2D eigenvalue weighted by atomic mass is 16.5. The van der Waals surface area contributed by atoms with Crippen LogP contribution in [0.25, 0.3) is 0 Å². The molecular weight excluding hydrogens is 302 g/mol. The fourth-order valence-corrected chi connectivity index (χ4v) is 2.21. The number of nitrogens with one attached hydrogen (secondary N) is 2. The maximum atomic E-state index is 11.7. The highest BCUT2D eigenvalue weighted by Crippen LogP contribution is 2.18. The van der Waals surface area contributed by atoms with Crippen LogP contribution in [0.15, 0.2) is 48.8 Å². The lowest BCUT2D eigenvalue weighted by atomic mass is 10.0. The minimum absolute atomic E-state index is 0.183. The number of hydrogen-bond donors (Lipinski definition) is 2. The Morgan fingerprint density at radius 1 is 1.12 bits per heavy atom. The van der Waals surface area contributed by atoms with Gasteiger partial charge in [-0.3, -0.25) is 4.98 Å². The molecule has 1 aromatic heterocycles. The van der Waals surface area contributed by atoms with Gasteiger partial charge in [-0.25, -0.2) is 4.79 Å². The van der Waals surface area contributed by atoms with Crippen molar-refractivity contribution in [1.29, 1.82) is 0 Å². The van der Waals surface area contributed by atoms with E-state index in [0.29, 0.717) is 25.6 Å². The Balaban J connectivity index is 1.57. The summed E-state index contributed by atoms with van der Waals surface area (Å²) in [5, 5.41) is 5.59. The first kappa shape index (κ1) is 17.8. The quantitative estimate of drug-likeness (QED) is 0.732. The van der Waals surface area contributed by atoms with E-state index in [1.54, 1.807) is 12.4 Å². The van der Waals surface area contributed by atoms with Crippen LogP contribution in [0.3, 0.4) is 0 Å². The summed E-state index contributed by atoms with van der Waals surface area (Å²) < 4.78 is 5.61. The third kappa shape index (κ3) is 6.28. The molecule has 2 N–H and O–H groups in total. The molecule has 2 amide bonds. The molecule has 0 atom stereocenters. The zero-order valence-electron chi connectivity index (χ0n) is 14.3. The van der Waals surface area contributed by atoms with Gasteiger partial charge in [0.1, 0.15) is 12.4 Å². The summed E-state index contributed by atoms with van der Waals surface area (Å²) in [5.74, 6) is 1.33. The number of urea groups is 1. The molecule has 1 heterocycles. The summed E-state index contributed by atoms with van der Waals surface area (Å²) in [6.45, 7) is 5.80. The molecule has 2 rings (SSSR count). The number of nitrogens with zero attached hydrogens (tertiary/aromatic N) is 1. The molecule has 0 spiro atoms. The van der Waals surface area contributed by atoms with Crippen LogP contribution in [0.2, 0.25) is 0 Å². The highest BCUT2D eigenvalue weighted by Gasteiger charge is 2.01. The zero-order chi connectivity index (χ0) is 17.2. The van der Waals surface area contributed by atoms with E-state index in [2.05, 4.69) is 41.6 Å². The summed E-state index contributed by atoms with van der Waals surface area (Å²) in [7, 11) is 0. The minimum Gasteiger partial charge on any atom is -0.492 e. The van der Waals surface area contributed by atoms with Crippen molar-refractivity contribution in [1.82, 2.24) is 15.6 Å². The van der Waals surface area contributed by atoms with Gasteiger partial charge >= 0.3 is 6.03 Å². The monoisotopic (exact) mass is 327 g/mol. The maximum Gasteiger partial charge on any atom is 0.314 e. The molecule has 1 aromatic carbocycles. The first-order valence-electron chi connectivity index (χ1n) is 8.28. The van der Waals surface area contributed by atoms with Crippen molar-refractivity contribution < 1.29 is 9.53 Å². The third-order valence-electron chi connectivity index (χ3n) is 3.63. The molecule has 0 saturated carbocycles. The van der Waals surface area contributed by atoms with E-state index in [9.17, 15) is 4.79 Å². The number of carbonyl (C=O) groups excluding carboxylic acids is 1. The van der Waals surface area contributed by atoms with E-state index in [1.807, 2.05) is 24.3 Å². The van der Waals surface area contributed by atoms with Crippen molar-refractivity contribution >= 4 is 6.03 Å². The average molecular weight is 327 g/mol. The number of pyridine rings is 1. The lowest BCUT2D eigenvalue weighted by Gasteiger charge is -2.10. The van der Waals surface area contributed by atoms with Crippen molar-refractivity contribution in [2.24, 2.45) is 0 Å². The third-order valence-corrected chi connectivity index (χ3v) is 3.63. The van der Waals surface area contributed by atoms with Crippen LogP contribution in [0, 0.1) is 0 Å². The van der Waals surface area contributed by atoms with Crippen LogP contribution in [-0.4, -0.2) is 30.7 Å². The van der Waals surface area contributed by atoms with Crippen molar-refractivity contribution in [3.8, 4) is 5.75 Å². The van der Waals surface area contributed by atoms with Gasteiger partial charge in [-0.1, -0.05) is 32.0 Å². The molecule has 128 valence electrons. The van der Waals surface area contributed by atoms with E-state index in [-0.39, 0.29) is 6.03 Å². The molecule has 2 aromatic rings. The Morgan fingerprint density at radius 3 is 2.54 bits per heavy atom. The number of amides is 2. The number of hydrogen-bond acceptors (Lipinski definition) is 3. The van der Waals surface area contributed by atoms with E-state index < -0.39 is 0 Å².